The number of rotatable bonds is 2. The summed E-state index contributed by atoms with van der Waals surface area (Å²) in [5.74, 6) is -0.721. The SMILES string of the molecule is CC.CC.CC.CC.CNC(=O)c1c[nH]c2ccsc2c1=O.CNC(=O)c1c[nH]c2sccc2c1=O. The zero-order valence-electron chi connectivity index (χ0n) is 22.9. The van der Waals surface area contributed by atoms with E-state index in [0.29, 0.717) is 10.1 Å². The Morgan fingerprint density at radius 2 is 1.17 bits per heavy atom. The second-order valence-corrected chi connectivity index (χ2v) is 7.38. The van der Waals surface area contributed by atoms with E-state index in [1.807, 2.05) is 72.2 Å². The summed E-state index contributed by atoms with van der Waals surface area (Å²) < 4.78 is 0.589. The van der Waals surface area contributed by atoms with E-state index in [2.05, 4.69) is 20.6 Å². The fraction of sp³-hybridized carbons (Fsp3) is 0.385. The molecule has 0 saturated heterocycles. The summed E-state index contributed by atoms with van der Waals surface area (Å²) in [6.45, 7) is 16.0. The zero-order chi connectivity index (χ0) is 28.3. The van der Waals surface area contributed by atoms with Crippen LogP contribution < -0.4 is 21.5 Å². The highest BCUT2D eigenvalue weighted by Crippen LogP contribution is 2.15. The summed E-state index contributed by atoms with van der Waals surface area (Å²) in [6, 6.07) is 3.53. The lowest BCUT2D eigenvalue weighted by molar-refractivity contribution is 0.0954. The molecule has 0 saturated carbocycles. The Bertz CT molecular complexity index is 1190. The molecule has 4 N–H and O–H groups in total. The summed E-state index contributed by atoms with van der Waals surface area (Å²) in [6.07, 6.45) is 2.89. The Morgan fingerprint density at radius 3 is 1.69 bits per heavy atom. The van der Waals surface area contributed by atoms with E-state index in [1.165, 1.54) is 49.2 Å². The number of H-pyrrole nitrogens is 2. The van der Waals surface area contributed by atoms with Crippen LogP contribution >= 0.6 is 22.7 Å². The van der Waals surface area contributed by atoms with Crippen molar-refractivity contribution in [2.45, 2.75) is 55.4 Å². The van der Waals surface area contributed by atoms with Crippen molar-refractivity contribution in [1.29, 1.82) is 0 Å². The molecule has 4 heterocycles. The summed E-state index contributed by atoms with van der Waals surface area (Å²) in [5, 5.41) is 9.05. The van der Waals surface area contributed by atoms with Crippen molar-refractivity contribution in [3.8, 4) is 0 Å². The molecule has 0 radical (unpaired) electrons. The van der Waals surface area contributed by atoms with Crippen molar-refractivity contribution in [3.63, 3.8) is 0 Å². The number of fused-ring (bicyclic) bond motifs is 2. The molecule has 2 amide bonds. The molecular weight excluding hydrogens is 496 g/mol. The van der Waals surface area contributed by atoms with Crippen LogP contribution in [0.5, 0.6) is 0 Å². The maximum absolute atomic E-state index is 11.7. The first-order chi connectivity index (χ1) is 17.5. The molecule has 4 rings (SSSR count). The van der Waals surface area contributed by atoms with Crippen LogP contribution in [0.1, 0.15) is 76.1 Å². The number of hydrogen-bond acceptors (Lipinski definition) is 6. The average molecular weight is 537 g/mol. The zero-order valence-corrected chi connectivity index (χ0v) is 24.5. The predicted molar refractivity (Wildman–Crippen MR) is 157 cm³/mol. The molecule has 0 fully saturated rings. The molecule has 36 heavy (non-hydrogen) atoms. The van der Waals surface area contributed by atoms with E-state index in [4.69, 9.17) is 0 Å². The van der Waals surface area contributed by atoms with Gasteiger partial charge in [-0.3, -0.25) is 19.2 Å². The van der Waals surface area contributed by atoms with Gasteiger partial charge in [-0.05, 0) is 22.9 Å². The molecule has 8 nitrogen and oxygen atoms in total. The third-order valence-electron chi connectivity index (χ3n) is 3.93. The van der Waals surface area contributed by atoms with E-state index < -0.39 is 0 Å². The molecule has 0 atom stereocenters. The second-order valence-electron chi connectivity index (χ2n) is 5.55. The Balaban J connectivity index is 0. The van der Waals surface area contributed by atoms with E-state index in [-0.39, 0.29) is 33.8 Å². The largest absolute Gasteiger partial charge is 0.359 e. The second kappa shape index (κ2) is 20.0. The lowest BCUT2D eigenvalue weighted by Gasteiger charge is -1.98. The van der Waals surface area contributed by atoms with Gasteiger partial charge in [0.15, 0.2) is 0 Å². The van der Waals surface area contributed by atoms with E-state index in [9.17, 15) is 19.2 Å². The quantitative estimate of drug-likeness (QED) is 0.251. The van der Waals surface area contributed by atoms with Crippen LogP contribution in [0.3, 0.4) is 0 Å². The average Bonchev–Trinajstić information content (AvgIpc) is 3.64. The molecule has 0 spiro atoms. The molecule has 4 aromatic rings. The minimum absolute atomic E-state index is 0.151. The molecule has 4 aromatic heterocycles. The van der Waals surface area contributed by atoms with Gasteiger partial charge in [0.1, 0.15) is 16.0 Å². The minimum Gasteiger partial charge on any atom is -0.359 e. The van der Waals surface area contributed by atoms with Crippen molar-refractivity contribution in [2.24, 2.45) is 0 Å². The van der Waals surface area contributed by atoms with Crippen LogP contribution in [0, 0.1) is 0 Å². The Morgan fingerprint density at radius 1 is 0.694 bits per heavy atom. The smallest absolute Gasteiger partial charge is 0.256 e. The first-order valence-corrected chi connectivity index (χ1v) is 13.9. The number of thiophene rings is 2. The molecule has 0 unspecified atom stereocenters. The van der Waals surface area contributed by atoms with Gasteiger partial charge < -0.3 is 20.6 Å². The lowest BCUT2D eigenvalue weighted by Crippen LogP contribution is -2.25. The van der Waals surface area contributed by atoms with Crippen molar-refractivity contribution in [1.82, 2.24) is 20.6 Å². The number of carbonyl (C=O) groups is 2. The molecule has 0 aliphatic rings. The fourth-order valence-electron chi connectivity index (χ4n) is 2.49. The number of hydrogen-bond donors (Lipinski definition) is 4. The monoisotopic (exact) mass is 536 g/mol. The van der Waals surface area contributed by atoms with Crippen LogP contribution in [-0.2, 0) is 0 Å². The maximum atomic E-state index is 11.7. The predicted octanol–water partition coefficient (Wildman–Crippen LogP) is 6.00. The molecule has 200 valence electrons. The third-order valence-corrected chi connectivity index (χ3v) is 5.69. The number of pyridine rings is 2. The van der Waals surface area contributed by atoms with Crippen molar-refractivity contribution >= 4 is 54.9 Å². The highest BCUT2D eigenvalue weighted by molar-refractivity contribution is 7.17. The maximum Gasteiger partial charge on any atom is 0.256 e. The van der Waals surface area contributed by atoms with Gasteiger partial charge >= 0.3 is 0 Å². The van der Waals surface area contributed by atoms with Gasteiger partial charge in [-0.1, -0.05) is 55.4 Å². The normalized spacial score (nSPS) is 8.72. The van der Waals surface area contributed by atoms with Crippen LogP contribution in [0.4, 0.5) is 0 Å². The fourth-order valence-corrected chi connectivity index (χ4v) is 4.06. The molecule has 0 aliphatic heterocycles. The Kier molecular flexibility index (Phi) is 19.4. The lowest BCUT2D eigenvalue weighted by atomic mass is 10.2. The number of aromatic amines is 2. The van der Waals surface area contributed by atoms with E-state index >= 15 is 0 Å². The number of amides is 2. The highest BCUT2D eigenvalue weighted by Gasteiger charge is 2.12. The van der Waals surface area contributed by atoms with Crippen LogP contribution in [0.2, 0.25) is 0 Å². The van der Waals surface area contributed by atoms with E-state index in [0.717, 1.165) is 10.3 Å². The van der Waals surface area contributed by atoms with Crippen molar-refractivity contribution < 1.29 is 9.59 Å². The van der Waals surface area contributed by atoms with Crippen LogP contribution in [0.25, 0.3) is 20.4 Å². The van der Waals surface area contributed by atoms with Gasteiger partial charge in [0.2, 0.25) is 10.9 Å². The number of nitrogens with one attached hydrogen (secondary N) is 4. The molecule has 0 aromatic carbocycles. The molecule has 10 heteroatoms. The first-order valence-electron chi connectivity index (χ1n) is 12.1. The van der Waals surface area contributed by atoms with Gasteiger partial charge in [0.05, 0.1) is 15.6 Å². The first kappa shape index (κ1) is 34.9. The minimum atomic E-state index is -0.362. The Labute approximate surface area is 221 Å². The van der Waals surface area contributed by atoms with E-state index in [1.54, 1.807) is 6.07 Å². The molecule has 0 aliphatic carbocycles. The summed E-state index contributed by atoms with van der Waals surface area (Å²) in [5.41, 5.74) is 0.640. The molecule has 0 bridgehead atoms. The summed E-state index contributed by atoms with van der Waals surface area (Å²) >= 11 is 2.77. The summed E-state index contributed by atoms with van der Waals surface area (Å²) in [4.78, 5) is 52.6. The highest BCUT2D eigenvalue weighted by atomic mass is 32.1. The third kappa shape index (κ3) is 9.09. The van der Waals surface area contributed by atoms with Gasteiger partial charge in [0.25, 0.3) is 11.8 Å². The molecular formula is C26H40N4O4S2. The van der Waals surface area contributed by atoms with Gasteiger partial charge in [-0.25, -0.2) is 0 Å². The van der Waals surface area contributed by atoms with Crippen LogP contribution in [0.15, 0.2) is 44.9 Å². The van der Waals surface area contributed by atoms with Crippen molar-refractivity contribution in [3.05, 3.63) is 66.9 Å². The van der Waals surface area contributed by atoms with Gasteiger partial charge in [-0.15, -0.1) is 22.7 Å². The number of carbonyl (C=O) groups excluding carboxylic acids is 2. The Hall–Kier alpha value is -3.24. The standard InChI is InChI=1S/2C9H8N2O2S.4C2H6/c1-10-9(13)5-4-11-6-2-3-14-8(6)7(5)12;1-10-8(13)6-4-11-9-5(7(6)12)2-3-14-9;4*1-2/h2*2-4H,1H3,(H,10,13)(H,11,12);4*1-2H3. The van der Waals surface area contributed by atoms with Gasteiger partial charge in [0, 0.05) is 26.5 Å². The summed E-state index contributed by atoms with van der Waals surface area (Å²) in [7, 11) is 3.00. The van der Waals surface area contributed by atoms with Crippen LogP contribution in [-0.4, -0.2) is 35.9 Å². The topological polar surface area (TPSA) is 124 Å². The van der Waals surface area contributed by atoms with Gasteiger partial charge in [-0.2, -0.15) is 0 Å². The number of aromatic nitrogens is 2. The van der Waals surface area contributed by atoms with Crippen molar-refractivity contribution in [2.75, 3.05) is 14.1 Å².